The summed E-state index contributed by atoms with van der Waals surface area (Å²) in [7, 11) is -1.86. The summed E-state index contributed by atoms with van der Waals surface area (Å²) in [6.07, 6.45) is 0. The average molecular weight is 242 g/mol. The molecule has 0 radical (unpaired) electrons. The molecule has 0 aliphatic carbocycles. The summed E-state index contributed by atoms with van der Waals surface area (Å²) in [4.78, 5) is 0.346. The molecule has 0 fully saturated rings. The van der Waals surface area contributed by atoms with Crippen LogP contribution in [0.4, 0.5) is 0 Å². The lowest BCUT2D eigenvalue weighted by molar-refractivity contribution is 0.445. The van der Waals surface area contributed by atoms with Gasteiger partial charge >= 0.3 is 0 Å². The number of sulfonamides is 1. The van der Waals surface area contributed by atoms with Gasteiger partial charge < -0.3 is 5.73 Å². The van der Waals surface area contributed by atoms with E-state index in [1.807, 2.05) is 6.07 Å². The van der Waals surface area contributed by atoms with Crippen LogP contribution >= 0.6 is 0 Å². The van der Waals surface area contributed by atoms with Crippen molar-refractivity contribution in [3.63, 3.8) is 0 Å². The van der Waals surface area contributed by atoms with E-state index in [9.17, 15) is 8.42 Å². The van der Waals surface area contributed by atoms with E-state index in [2.05, 4.69) is 0 Å². The quantitative estimate of drug-likeness (QED) is 0.855. The Morgan fingerprint density at radius 2 is 1.94 bits per heavy atom. The second-order valence-corrected chi connectivity index (χ2v) is 6.04. The molecule has 4 nitrogen and oxygen atoms in total. The fourth-order valence-corrected chi connectivity index (χ4v) is 3.01. The van der Waals surface area contributed by atoms with Crippen molar-refractivity contribution >= 4 is 10.0 Å². The Kier molecular flexibility index (Phi) is 4.07. The molecule has 0 amide bonds. The molecule has 1 aromatic rings. The molecule has 0 aliphatic heterocycles. The first-order chi connectivity index (χ1) is 7.35. The highest BCUT2D eigenvalue weighted by atomic mass is 32.2. The monoisotopic (exact) mass is 242 g/mol. The molecule has 1 unspecified atom stereocenters. The summed E-state index contributed by atoms with van der Waals surface area (Å²) in [6.45, 7) is 3.88. The second-order valence-electron chi connectivity index (χ2n) is 4.03. The number of hydrogen-bond acceptors (Lipinski definition) is 3. The smallest absolute Gasteiger partial charge is 0.243 e. The number of nitrogens with zero attached hydrogens (tertiary/aromatic N) is 1. The fraction of sp³-hybridized carbons (Fsp3) is 0.455. The van der Waals surface area contributed by atoms with Crippen LogP contribution in [0, 0.1) is 6.92 Å². The predicted molar refractivity (Wildman–Crippen MR) is 64.6 cm³/mol. The molecule has 1 rings (SSSR count). The maximum absolute atomic E-state index is 12.2. The Labute approximate surface area is 97.1 Å². The zero-order valence-electron chi connectivity index (χ0n) is 9.84. The maximum Gasteiger partial charge on any atom is 0.243 e. The van der Waals surface area contributed by atoms with Crippen molar-refractivity contribution in [3.8, 4) is 0 Å². The van der Waals surface area contributed by atoms with Gasteiger partial charge in [0.25, 0.3) is 0 Å². The molecule has 0 aliphatic rings. The minimum absolute atomic E-state index is 0.177. The highest BCUT2D eigenvalue weighted by Gasteiger charge is 2.22. The number of rotatable bonds is 4. The molecule has 0 saturated carbocycles. The van der Waals surface area contributed by atoms with Crippen molar-refractivity contribution in [3.05, 3.63) is 29.8 Å². The van der Waals surface area contributed by atoms with Gasteiger partial charge in [-0.25, -0.2) is 8.42 Å². The number of nitrogens with two attached hydrogens (primary N) is 1. The molecule has 0 bridgehead atoms. The Morgan fingerprint density at radius 3 is 2.44 bits per heavy atom. The SMILES string of the molecule is Cc1ccccc1S(=O)(=O)N(C)CC(C)N. The summed E-state index contributed by atoms with van der Waals surface area (Å²) >= 11 is 0. The molecule has 0 heterocycles. The topological polar surface area (TPSA) is 63.4 Å². The highest BCUT2D eigenvalue weighted by Crippen LogP contribution is 2.18. The summed E-state index contributed by atoms with van der Waals surface area (Å²) in [5.74, 6) is 0. The van der Waals surface area contributed by atoms with Crippen LogP contribution in [-0.2, 0) is 10.0 Å². The third-order valence-electron chi connectivity index (χ3n) is 2.33. The van der Waals surface area contributed by atoms with Crippen molar-refractivity contribution in [2.24, 2.45) is 5.73 Å². The number of likely N-dealkylation sites (N-methyl/N-ethyl adjacent to an activating group) is 1. The van der Waals surface area contributed by atoms with Gasteiger partial charge in [0.05, 0.1) is 4.90 Å². The van der Waals surface area contributed by atoms with Crippen LogP contribution in [0.3, 0.4) is 0 Å². The van der Waals surface area contributed by atoms with Gasteiger partial charge in [0.2, 0.25) is 10.0 Å². The van der Waals surface area contributed by atoms with Gasteiger partial charge in [-0.2, -0.15) is 4.31 Å². The van der Waals surface area contributed by atoms with Gasteiger partial charge in [0, 0.05) is 19.6 Å². The molecule has 16 heavy (non-hydrogen) atoms. The molecule has 90 valence electrons. The summed E-state index contributed by atoms with van der Waals surface area (Å²) in [6, 6.07) is 6.76. The predicted octanol–water partition coefficient (Wildman–Crippen LogP) is 0.963. The van der Waals surface area contributed by atoms with Crippen molar-refractivity contribution in [1.29, 1.82) is 0 Å². The number of benzene rings is 1. The molecule has 0 aromatic heterocycles. The molecular weight excluding hydrogens is 224 g/mol. The number of aryl methyl sites for hydroxylation is 1. The van der Waals surface area contributed by atoms with Gasteiger partial charge in [0.15, 0.2) is 0 Å². The molecule has 0 spiro atoms. The zero-order chi connectivity index (χ0) is 12.3. The van der Waals surface area contributed by atoms with Crippen LogP contribution in [0.1, 0.15) is 12.5 Å². The normalized spacial score (nSPS) is 14.1. The second kappa shape index (κ2) is 4.95. The number of hydrogen-bond donors (Lipinski definition) is 1. The molecule has 1 atom stereocenters. The van der Waals surface area contributed by atoms with Gasteiger partial charge in [-0.1, -0.05) is 18.2 Å². The minimum Gasteiger partial charge on any atom is -0.327 e. The first kappa shape index (κ1) is 13.2. The third-order valence-corrected chi connectivity index (χ3v) is 4.31. The van der Waals surface area contributed by atoms with Crippen LogP contribution in [0.15, 0.2) is 29.2 Å². The van der Waals surface area contributed by atoms with Gasteiger partial charge in [-0.3, -0.25) is 0 Å². The Bertz CT molecular complexity index is 455. The van der Waals surface area contributed by atoms with Crippen molar-refractivity contribution in [2.75, 3.05) is 13.6 Å². The minimum atomic E-state index is -3.41. The summed E-state index contributed by atoms with van der Waals surface area (Å²) < 4.78 is 25.6. The molecular formula is C11H18N2O2S. The first-order valence-corrected chi connectivity index (χ1v) is 6.57. The standard InChI is InChI=1S/C11H18N2O2S/c1-9-6-4-5-7-11(9)16(14,15)13(3)8-10(2)12/h4-7,10H,8,12H2,1-3H3. The average Bonchev–Trinajstić information content (AvgIpc) is 2.16. The van der Waals surface area contributed by atoms with Gasteiger partial charge in [-0.05, 0) is 25.5 Å². The largest absolute Gasteiger partial charge is 0.327 e. The van der Waals surface area contributed by atoms with E-state index in [0.29, 0.717) is 11.4 Å². The van der Waals surface area contributed by atoms with Gasteiger partial charge in [-0.15, -0.1) is 0 Å². The molecule has 5 heteroatoms. The van der Waals surface area contributed by atoms with Crippen LogP contribution in [-0.4, -0.2) is 32.4 Å². The lowest BCUT2D eigenvalue weighted by Gasteiger charge is -2.20. The summed E-state index contributed by atoms with van der Waals surface area (Å²) in [5, 5.41) is 0. The van der Waals surface area contributed by atoms with Crippen molar-refractivity contribution < 1.29 is 8.42 Å². The van der Waals surface area contributed by atoms with E-state index in [1.54, 1.807) is 39.1 Å². The lowest BCUT2D eigenvalue weighted by Crippen LogP contribution is -2.37. The molecule has 2 N–H and O–H groups in total. The Hall–Kier alpha value is -0.910. The van der Waals surface area contributed by atoms with Crippen molar-refractivity contribution in [2.45, 2.75) is 24.8 Å². The Morgan fingerprint density at radius 1 is 1.38 bits per heavy atom. The molecule has 0 saturated heterocycles. The fourth-order valence-electron chi connectivity index (χ4n) is 1.52. The maximum atomic E-state index is 12.2. The van der Waals surface area contributed by atoms with E-state index in [0.717, 1.165) is 5.56 Å². The van der Waals surface area contributed by atoms with E-state index in [4.69, 9.17) is 5.73 Å². The van der Waals surface area contributed by atoms with Crippen LogP contribution in [0.25, 0.3) is 0 Å². The van der Waals surface area contributed by atoms with Crippen LogP contribution < -0.4 is 5.73 Å². The first-order valence-electron chi connectivity index (χ1n) is 5.13. The zero-order valence-corrected chi connectivity index (χ0v) is 10.7. The van der Waals surface area contributed by atoms with E-state index in [1.165, 1.54) is 4.31 Å². The van der Waals surface area contributed by atoms with E-state index >= 15 is 0 Å². The highest BCUT2D eigenvalue weighted by molar-refractivity contribution is 7.89. The van der Waals surface area contributed by atoms with E-state index < -0.39 is 10.0 Å². The Balaban J connectivity index is 3.08. The van der Waals surface area contributed by atoms with Crippen LogP contribution in [0.5, 0.6) is 0 Å². The molecule has 1 aromatic carbocycles. The third kappa shape index (κ3) is 2.81. The van der Waals surface area contributed by atoms with E-state index in [-0.39, 0.29) is 6.04 Å². The van der Waals surface area contributed by atoms with Crippen molar-refractivity contribution in [1.82, 2.24) is 4.31 Å². The van der Waals surface area contributed by atoms with Gasteiger partial charge in [0.1, 0.15) is 0 Å². The van der Waals surface area contributed by atoms with Crippen LogP contribution in [0.2, 0.25) is 0 Å². The lowest BCUT2D eigenvalue weighted by atomic mass is 10.2. The summed E-state index contributed by atoms with van der Waals surface area (Å²) in [5.41, 5.74) is 6.35.